The molecule has 2 heterocycles. The summed E-state index contributed by atoms with van der Waals surface area (Å²) in [5.41, 5.74) is 2.67. The fraction of sp³-hybridized carbons (Fsp3) is 0.143. The molecular formula is C21H20N6O3S. The van der Waals surface area contributed by atoms with Crippen molar-refractivity contribution >= 4 is 16.0 Å². The maximum atomic E-state index is 12.7. The quantitative estimate of drug-likeness (QED) is 0.474. The third-order valence-corrected chi connectivity index (χ3v) is 5.63. The van der Waals surface area contributed by atoms with Gasteiger partial charge in [-0.25, -0.2) is 27.8 Å². The highest BCUT2D eigenvalue weighted by molar-refractivity contribution is 7.92. The van der Waals surface area contributed by atoms with E-state index in [2.05, 4.69) is 25.0 Å². The van der Waals surface area contributed by atoms with Crippen molar-refractivity contribution in [1.82, 2.24) is 25.0 Å². The average Bonchev–Trinajstić information content (AvgIpc) is 3.21. The number of aromatic nitrogens is 5. The second kappa shape index (κ2) is 8.52. The van der Waals surface area contributed by atoms with Gasteiger partial charge in [-0.15, -0.1) is 5.10 Å². The summed E-state index contributed by atoms with van der Waals surface area (Å²) in [6.45, 7) is 3.83. The van der Waals surface area contributed by atoms with Gasteiger partial charge in [-0.1, -0.05) is 23.4 Å². The monoisotopic (exact) mass is 436 g/mol. The molecule has 0 spiro atoms. The lowest BCUT2D eigenvalue weighted by Gasteiger charge is -2.08. The van der Waals surface area contributed by atoms with Gasteiger partial charge in [-0.3, -0.25) is 0 Å². The lowest BCUT2D eigenvalue weighted by Crippen LogP contribution is -2.15. The van der Waals surface area contributed by atoms with Gasteiger partial charge < -0.3 is 4.74 Å². The minimum Gasteiger partial charge on any atom is -0.487 e. The van der Waals surface area contributed by atoms with E-state index < -0.39 is 10.0 Å². The van der Waals surface area contributed by atoms with Crippen LogP contribution in [0.25, 0.3) is 5.69 Å². The van der Waals surface area contributed by atoms with Crippen molar-refractivity contribution in [2.45, 2.75) is 25.3 Å². The third-order valence-electron chi connectivity index (χ3n) is 4.29. The number of anilines is 1. The van der Waals surface area contributed by atoms with Crippen molar-refractivity contribution in [3.63, 3.8) is 0 Å². The number of hydrogen-bond donors (Lipinski definition) is 1. The van der Waals surface area contributed by atoms with E-state index in [1.54, 1.807) is 42.9 Å². The fourth-order valence-corrected chi connectivity index (χ4v) is 3.84. The lowest BCUT2D eigenvalue weighted by molar-refractivity contribution is 0.301. The first kappa shape index (κ1) is 20.5. The van der Waals surface area contributed by atoms with Crippen molar-refractivity contribution in [2.75, 3.05) is 4.72 Å². The summed E-state index contributed by atoms with van der Waals surface area (Å²) < 4.78 is 34.9. The molecule has 4 aromatic rings. The highest BCUT2D eigenvalue weighted by Gasteiger charge is 2.16. The van der Waals surface area contributed by atoms with E-state index in [-0.39, 0.29) is 17.5 Å². The van der Waals surface area contributed by atoms with Crippen molar-refractivity contribution in [2.24, 2.45) is 0 Å². The maximum Gasteiger partial charge on any atom is 0.264 e. The summed E-state index contributed by atoms with van der Waals surface area (Å²) >= 11 is 0. The van der Waals surface area contributed by atoms with E-state index in [0.29, 0.717) is 22.8 Å². The number of rotatable bonds is 7. The van der Waals surface area contributed by atoms with Crippen molar-refractivity contribution in [3.05, 3.63) is 83.9 Å². The predicted octanol–water partition coefficient (Wildman–Crippen LogP) is 3.05. The zero-order valence-corrected chi connectivity index (χ0v) is 17.7. The zero-order chi connectivity index (χ0) is 21.8. The Balaban J connectivity index is 1.46. The van der Waals surface area contributed by atoms with E-state index >= 15 is 0 Å². The van der Waals surface area contributed by atoms with Crippen LogP contribution >= 0.6 is 0 Å². The van der Waals surface area contributed by atoms with Crippen molar-refractivity contribution in [3.8, 4) is 11.4 Å². The molecule has 0 bridgehead atoms. The van der Waals surface area contributed by atoms with Gasteiger partial charge in [0.25, 0.3) is 10.0 Å². The van der Waals surface area contributed by atoms with Gasteiger partial charge in [0.2, 0.25) is 5.95 Å². The summed E-state index contributed by atoms with van der Waals surface area (Å²) in [5, 5.41) is 8.17. The number of benzene rings is 2. The number of para-hydroxylation sites is 1. The highest BCUT2D eigenvalue weighted by atomic mass is 32.2. The smallest absolute Gasteiger partial charge is 0.264 e. The highest BCUT2D eigenvalue weighted by Crippen LogP contribution is 2.17. The molecule has 0 amide bonds. The Morgan fingerprint density at radius 2 is 1.65 bits per heavy atom. The van der Waals surface area contributed by atoms with Gasteiger partial charge in [0, 0.05) is 11.4 Å². The van der Waals surface area contributed by atoms with Crippen molar-refractivity contribution in [1.29, 1.82) is 0 Å². The number of hydrogen-bond acceptors (Lipinski definition) is 7. The Kier molecular flexibility index (Phi) is 5.63. The van der Waals surface area contributed by atoms with Gasteiger partial charge >= 0.3 is 0 Å². The summed E-state index contributed by atoms with van der Waals surface area (Å²) in [4.78, 5) is 8.32. The second-order valence-corrected chi connectivity index (χ2v) is 8.51. The molecule has 0 saturated heterocycles. The molecule has 4 rings (SSSR count). The van der Waals surface area contributed by atoms with E-state index in [1.165, 1.54) is 12.1 Å². The molecule has 0 unspecified atom stereocenters. The van der Waals surface area contributed by atoms with Gasteiger partial charge in [0.05, 0.1) is 16.8 Å². The molecule has 31 heavy (non-hydrogen) atoms. The molecule has 0 fully saturated rings. The third kappa shape index (κ3) is 5.04. The van der Waals surface area contributed by atoms with Crippen LogP contribution in [0.1, 0.15) is 17.1 Å². The zero-order valence-electron chi connectivity index (χ0n) is 16.9. The Bertz CT molecular complexity index is 1270. The van der Waals surface area contributed by atoms with Crippen LogP contribution in [0.15, 0.2) is 71.8 Å². The number of aryl methyl sites for hydroxylation is 2. The molecular weight excluding hydrogens is 416 g/mol. The maximum absolute atomic E-state index is 12.7. The van der Waals surface area contributed by atoms with Gasteiger partial charge in [-0.05, 0) is 56.3 Å². The molecule has 0 aliphatic carbocycles. The molecule has 0 saturated carbocycles. The standard InChI is InChI=1S/C21H20N6O3S/c1-15-12-16(2)23-21(22-15)25-31(28,29)20-10-8-18(9-11-20)27-13-17(24-26-27)14-30-19-6-4-3-5-7-19/h3-13H,14H2,1-2H3,(H,22,23,25). The Hall–Kier alpha value is -3.79. The summed E-state index contributed by atoms with van der Waals surface area (Å²) in [6.07, 6.45) is 1.73. The van der Waals surface area contributed by atoms with Crippen LogP contribution in [0.2, 0.25) is 0 Å². The van der Waals surface area contributed by atoms with Crippen LogP contribution in [0.4, 0.5) is 5.95 Å². The largest absolute Gasteiger partial charge is 0.487 e. The Labute approximate surface area is 179 Å². The molecule has 158 valence electrons. The summed E-state index contributed by atoms with van der Waals surface area (Å²) in [6, 6.07) is 17.5. The molecule has 9 nitrogen and oxygen atoms in total. The van der Waals surface area contributed by atoms with Crippen LogP contribution < -0.4 is 9.46 Å². The first-order chi connectivity index (χ1) is 14.9. The average molecular weight is 436 g/mol. The lowest BCUT2D eigenvalue weighted by atomic mass is 10.3. The molecule has 0 radical (unpaired) electrons. The van der Waals surface area contributed by atoms with E-state index in [9.17, 15) is 8.42 Å². The number of nitrogens with zero attached hydrogens (tertiary/aromatic N) is 5. The molecule has 0 aliphatic rings. The van der Waals surface area contributed by atoms with Crippen LogP contribution in [-0.4, -0.2) is 33.4 Å². The van der Waals surface area contributed by atoms with Crippen LogP contribution in [0.5, 0.6) is 5.75 Å². The normalized spacial score (nSPS) is 11.3. The van der Waals surface area contributed by atoms with E-state index in [4.69, 9.17) is 4.74 Å². The van der Waals surface area contributed by atoms with Crippen molar-refractivity contribution < 1.29 is 13.2 Å². The Morgan fingerprint density at radius 3 is 2.32 bits per heavy atom. The first-order valence-corrected chi connectivity index (χ1v) is 10.9. The molecule has 1 N–H and O–H groups in total. The van der Waals surface area contributed by atoms with E-state index in [1.807, 2.05) is 30.3 Å². The first-order valence-electron chi connectivity index (χ1n) is 9.44. The Morgan fingerprint density at radius 1 is 0.968 bits per heavy atom. The van der Waals surface area contributed by atoms with Gasteiger partial charge in [-0.2, -0.15) is 0 Å². The second-order valence-electron chi connectivity index (χ2n) is 6.83. The van der Waals surface area contributed by atoms with E-state index in [0.717, 1.165) is 5.75 Å². The molecule has 10 heteroatoms. The number of nitrogens with one attached hydrogen (secondary N) is 1. The number of sulfonamides is 1. The molecule has 0 aliphatic heterocycles. The molecule has 2 aromatic carbocycles. The summed E-state index contributed by atoms with van der Waals surface area (Å²) in [5.74, 6) is 0.785. The predicted molar refractivity (Wildman–Crippen MR) is 114 cm³/mol. The SMILES string of the molecule is Cc1cc(C)nc(NS(=O)(=O)c2ccc(-n3cc(COc4ccccc4)nn3)cc2)n1. The molecule has 2 aromatic heterocycles. The van der Waals surface area contributed by atoms with Gasteiger partial charge in [0.1, 0.15) is 18.1 Å². The minimum atomic E-state index is -3.82. The topological polar surface area (TPSA) is 112 Å². The molecule has 0 atom stereocenters. The van der Waals surface area contributed by atoms with Crippen LogP contribution in [0.3, 0.4) is 0 Å². The van der Waals surface area contributed by atoms with Crippen LogP contribution in [0, 0.1) is 13.8 Å². The van der Waals surface area contributed by atoms with Gasteiger partial charge in [0.15, 0.2) is 0 Å². The van der Waals surface area contributed by atoms with Crippen LogP contribution in [-0.2, 0) is 16.6 Å². The number of ether oxygens (including phenoxy) is 1. The summed E-state index contributed by atoms with van der Waals surface area (Å²) in [7, 11) is -3.82. The minimum absolute atomic E-state index is 0.0425. The fourth-order valence-electron chi connectivity index (χ4n) is 2.89.